The first-order chi connectivity index (χ1) is 19.3. The first-order valence-electron chi connectivity index (χ1n) is 13.0. The molecule has 1 fully saturated rings. The van der Waals surface area contributed by atoms with Crippen LogP contribution >= 0.6 is 0 Å². The normalized spacial score (nSPS) is 17.9. The van der Waals surface area contributed by atoms with E-state index in [1.54, 1.807) is 49.5 Å². The zero-order chi connectivity index (χ0) is 28.0. The summed E-state index contributed by atoms with van der Waals surface area (Å²) >= 11 is 0. The third kappa shape index (κ3) is 4.60. The van der Waals surface area contributed by atoms with Gasteiger partial charge in [-0.2, -0.15) is 5.10 Å². The number of aromatic nitrogens is 3. The average Bonchev–Trinajstić information content (AvgIpc) is 3.66. The molecule has 2 amide bonds. The molecule has 0 aliphatic carbocycles. The Bertz CT molecular complexity index is 1740. The average molecular weight is 544 g/mol. The van der Waals surface area contributed by atoms with E-state index < -0.39 is 35.9 Å². The minimum atomic E-state index is -1.40. The maximum absolute atomic E-state index is 15.6. The van der Waals surface area contributed by atoms with Crippen LogP contribution in [0.4, 0.5) is 14.5 Å². The van der Waals surface area contributed by atoms with Crippen molar-refractivity contribution < 1.29 is 23.5 Å². The molecule has 2 aromatic heterocycles. The van der Waals surface area contributed by atoms with Gasteiger partial charge >= 0.3 is 0 Å². The molecule has 40 heavy (non-hydrogen) atoms. The number of likely N-dealkylation sites (tertiary alicyclic amines) is 1. The second-order valence-corrected chi connectivity index (χ2v) is 10.1. The van der Waals surface area contributed by atoms with Crippen LogP contribution in [0.25, 0.3) is 32.9 Å². The first-order valence-corrected chi connectivity index (χ1v) is 13.0. The van der Waals surface area contributed by atoms with Crippen molar-refractivity contribution in [2.75, 3.05) is 11.9 Å². The molecule has 3 atom stereocenters. The topological polar surface area (TPSA) is 103 Å². The van der Waals surface area contributed by atoms with E-state index in [-0.39, 0.29) is 25.2 Å². The van der Waals surface area contributed by atoms with Crippen LogP contribution in [0.15, 0.2) is 72.9 Å². The Morgan fingerprint density at radius 3 is 2.80 bits per heavy atom. The molecule has 0 spiro atoms. The lowest BCUT2D eigenvalue weighted by atomic mass is 10.0. The van der Waals surface area contributed by atoms with Gasteiger partial charge in [0.1, 0.15) is 18.8 Å². The molecule has 10 heteroatoms. The third-order valence-electron chi connectivity index (χ3n) is 7.36. The lowest BCUT2D eigenvalue weighted by Crippen LogP contribution is -2.44. The molecule has 3 aromatic carbocycles. The SMILES string of the molecule is CC(O)c1nn(CC(=O)N2C[C@H](F)C[C@H]2C(=O)Nc2cccc(-c3ccc4[nH]ccc4c3)c2F)c2ccccc12. The monoisotopic (exact) mass is 543 g/mol. The van der Waals surface area contributed by atoms with Gasteiger partial charge in [-0.1, -0.05) is 36.4 Å². The van der Waals surface area contributed by atoms with Crippen molar-refractivity contribution in [1.82, 2.24) is 19.7 Å². The number of para-hydroxylation sites is 1. The van der Waals surface area contributed by atoms with E-state index in [1.807, 2.05) is 24.3 Å². The Balaban J connectivity index is 1.23. The van der Waals surface area contributed by atoms with E-state index >= 15 is 4.39 Å². The Morgan fingerprint density at radius 2 is 1.98 bits per heavy atom. The highest BCUT2D eigenvalue weighted by atomic mass is 19.1. The molecule has 3 heterocycles. The lowest BCUT2D eigenvalue weighted by molar-refractivity contribution is -0.137. The van der Waals surface area contributed by atoms with Gasteiger partial charge in [0, 0.05) is 29.1 Å². The fourth-order valence-corrected chi connectivity index (χ4v) is 5.40. The third-order valence-corrected chi connectivity index (χ3v) is 7.36. The van der Waals surface area contributed by atoms with E-state index in [2.05, 4.69) is 15.4 Å². The highest BCUT2D eigenvalue weighted by Crippen LogP contribution is 2.31. The highest BCUT2D eigenvalue weighted by molar-refractivity contribution is 5.98. The maximum Gasteiger partial charge on any atom is 0.247 e. The number of carbonyl (C=O) groups is 2. The standard InChI is InChI=1S/C30H27F2N5O3/c1-17(38)29-22-5-2-3-8-25(22)37(35-29)16-27(39)36-15-20(31)14-26(36)30(40)34-24-7-4-6-21(28(24)32)18-9-10-23-19(13-18)11-12-33-23/h2-13,17,20,26,33,38H,14-16H2,1H3,(H,34,40)/t17?,20-,26+/m1/s1. The maximum atomic E-state index is 15.6. The molecule has 6 rings (SSSR count). The zero-order valence-corrected chi connectivity index (χ0v) is 21.6. The van der Waals surface area contributed by atoms with Gasteiger partial charge in [0.05, 0.1) is 29.5 Å². The summed E-state index contributed by atoms with van der Waals surface area (Å²) < 4.78 is 31.6. The van der Waals surface area contributed by atoms with Crippen molar-refractivity contribution in [2.24, 2.45) is 0 Å². The number of halogens is 2. The summed E-state index contributed by atoms with van der Waals surface area (Å²) in [4.78, 5) is 30.9. The van der Waals surface area contributed by atoms with Gasteiger partial charge in [-0.15, -0.1) is 0 Å². The van der Waals surface area contributed by atoms with Crippen LogP contribution in [0.1, 0.15) is 25.1 Å². The second-order valence-electron chi connectivity index (χ2n) is 10.1. The number of hydrogen-bond donors (Lipinski definition) is 3. The first kappa shape index (κ1) is 25.7. The van der Waals surface area contributed by atoms with Gasteiger partial charge < -0.3 is 20.3 Å². The number of aromatic amines is 1. The Kier molecular flexibility index (Phi) is 6.55. The van der Waals surface area contributed by atoms with Gasteiger partial charge in [-0.3, -0.25) is 14.3 Å². The van der Waals surface area contributed by atoms with Crippen molar-refractivity contribution in [3.05, 3.63) is 84.4 Å². The number of alkyl halides is 1. The van der Waals surface area contributed by atoms with E-state index in [1.165, 1.54) is 15.6 Å². The van der Waals surface area contributed by atoms with Crippen LogP contribution in [0.5, 0.6) is 0 Å². The Labute approximate surface area is 228 Å². The largest absolute Gasteiger partial charge is 0.387 e. The number of aliphatic hydroxyl groups is 1. The molecule has 0 bridgehead atoms. The number of rotatable bonds is 6. The molecular formula is C30H27F2N5O3. The van der Waals surface area contributed by atoms with E-state index in [0.29, 0.717) is 27.7 Å². The van der Waals surface area contributed by atoms with Crippen molar-refractivity contribution in [2.45, 2.75) is 38.2 Å². The van der Waals surface area contributed by atoms with Gasteiger partial charge in [-0.05, 0) is 48.2 Å². The Hall–Kier alpha value is -4.57. The summed E-state index contributed by atoms with van der Waals surface area (Å²) in [5.41, 5.74) is 2.89. The minimum absolute atomic E-state index is 0.0500. The summed E-state index contributed by atoms with van der Waals surface area (Å²) in [6.07, 6.45) is -0.638. The van der Waals surface area contributed by atoms with Crippen LogP contribution < -0.4 is 5.32 Å². The zero-order valence-electron chi connectivity index (χ0n) is 21.6. The van der Waals surface area contributed by atoms with E-state index in [0.717, 1.165) is 10.9 Å². The molecule has 0 saturated carbocycles. The molecule has 1 aliphatic heterocycles. The molecule has 5 aromatic rings. The molecule has 8 nitrogen and oxygen atoms in total. The number of hydrogen-bond acceptors (Lipinski definition) is 4. The van der Waals surface area contributed by atoms with Gasteiger partial charge in [0.2, 0.25) is 11.8 Å². The van der Waals surface area contributed by atoms with Crippen molar-refractivity contribution in [1.29, 1.82) is 0 Å². The fourth-order valence-electron chi connectivity index (χ4n) is 5.40. The number of aliphatic hydroxyl groups excluding tert-OH is 1. The molecule has 3 N–H and O–H groups in total. The van der Waals surface area contributed by atoms with Crippen molar-refractivity contribution >= 4 is 39.3 Å². The summed E-state index contributed by atoms with van der Waals surface area (Å²) in [5.74, 6) is -1.78. The fraction of sp³-hybridized carbons (Fsp3) is 0.233. The van der Waals surface area contributed by atoms with Crippen molar-refractivity contribution in [3.8, 4) is 11.1 Å². The van der Waals surface area contributed by atoms with E-state index in [9.17, 15) is 19.1 Å². The van der Waals surface area contributed by atoms with Crippen LogP contribution in [0, 0.1) is 5.82 Å². The molecule has 0 radical (unpaired) electrons. The Morgan fingerprint density at radius 1 is 1.15 bits per heavy atom. The number of amides is 2. The number of H-pyrrole nitrogens is 1. The van der Waals surface area contributed by atoms with Crippen molar-refractivity contribution in [3.63, 3.8) is 0 Å². The van der Waals surface area contributed by atoms with E-state index in [4.69, 9.17) is 0 Å². The smallest absolute Gasteiger partial charge is 0.247 e. The summed E-state index contributed by atoms with van der Waals surface area (Å²) in [6, 6.07) is 18.1. The number of benzene rings is 3. The predicted molar refractivity (Wildman–Crippen MR) is 148 cm³/mol. The minimum Gasteiger partial charge on any atom is -0.387 e. The number of anilines is 1. The summed E-state index contributed by atoms with van der Waals surface area (Å²) in [5, 5.41) is 18.7. The quantitative estimate of drug-likeness (QED) is 0.282. The second kappa shape index (κ2) is 10.2. The number of fused-ring (bicyclic) bond motifs is 2. The van der Waals surface area contributed by atoms with Crippen LogP contribution in [-0.2, 0) is 16.1 Å². The molecule has 1 saturated heterocycles. The van der Waals surface area contributed by atoms with Crippen LogP contribution in [0.3, 0.4) is 0 Å². The molecule has 1 aliphatic rings. The van der Waals surface area contributed by atoms with Crippen LogP contribution in [0.2, 0.25) is 0 Å². The van der Waals surface area contributed by atoms with Crippen LogP contribution in [-0.4, -0.2) is 55.3 Å². The predicted octanol–water partition coefficient (Wildman–Crippen LogP) is 4.95. The molecule has 1 unspecified atom stereocenters. The summed E-state index contributed by atoms with van der Waals surface area (Å²) in [6.45, 7) is 1.09. The highest BCUT2D eigenvalue weighted by Gasteiger charge is 2.40. The number of carbonyl (C=O) groups excluding carboxylic acids is 2. The van der Waals surface area contributed by atoms with Gasteiger partial charge in [0.15, 0.2) is 5.82 Å². The number of nitrogens with zero attached hydrogens (tertiary/aromatic N) is 3. The summed E-state index contributed by atoms with van der Waals surface area (Å²) in [7, 11) is 0. The number of nitrogens with one attached hydrogen (secondary N) is 2. The molecular weight excluding hydrogens is 516 g/mol. The lowest BCUT2D eigenvalue weighted by Gasteiger charge is -2.24. The molecule has 204 valence electrons. The van der Waals surface area contributed by atoms with Gasteiger partial charge in [0.25, 0.3) is 0 Å². The van der Waals surface area contributed by atoms with Gasteiger partial charge in [-0.25, -0.2) is 8.78 Å².